The van der Waals surface area contributed by atoms with Crippen LogP contribution in [0.2, 0.25) is 0 Å². The first-order valence-corrected chi connectivity index (χ1v) is 1.94. The molecule has 1 amide bonds. The van der Waals surface area contributed by atoms with Crippen molar-refractivity contribution in [3.8, 4) is 0 Å². The Labute approximate surface area is 41.7 Å². The maximum absolute atomic E-state index is 11.1. The SMILES string of the molecule is C[CH]NC(=O)CF. The molecule has 0 aliphatic heterocycles. The van der Waals surface area contributed by atoms with Crippen LogP contribution >= 0.6 is 0 Å². The molecule has 0 aromatic carbocycles. The first-order valence-electron chi connectivity index (χ1n) is 1.94. The molecule has 0 fully saturated rings. The van der Waals surface area contributed by atoms with Gasteiger partial charge in [-0.1, -0.05) is 0 Å². The van der Waals surface area contributed by atoms with Crippen molar-refractivity contribution in [2.75, 3.05) is 6.67 Å². The highest BCUT2D eigenvalue weighted by Crippen LogP contribution is 1.68. The number of nitrogens with one attached hydrogen (secondary N) is 1. The predicted octanol–water partition coefficient (Wildman–Crippen LogP) is 0.254. The van der Waals surface area contributed by atoms with Gasteiger partial charge >= 0.3 is 0 Å². The summed E-state index contributed by atoms with van der Waals surface area (Å²) in [5.74, 6) is -0.595. The first-order chi connectivity index (χ1) is 3.31. The van der Waals surface area contributed by atoms with Crippen molar-refractivity contribution in [1.82, 2.24) is 5.32 Å². The highest BCUT2D eigenvalue weighted by atomic mass is 19.1. The van der Waals surface area contributed by atoms with Crippen LogP contribution in [0.15, 0.2) is 0 Å². The Kier molecular flexibility index (Phi) is 3.28. The molecule has 0 heterocycles. The van der Waals surface area contributed by atoms with Crippen molar-refractivity contribution >= 4 is 5.91 Å². The van der Waals surface area contributed by atoms with Gasteiger partial charge in [0.25, 0.3) is 5.91 Å². The Hall–Kier alpha value is -0.600. The molecule has 0 saturated heterocycles. The molecule has 41 valence electrons. The van der Waals surface area contributed by atoms with Crippen LogP contribution in [0.3, 0.4) is 0 Å². The summed E-state index contributed by atoms with van der Waals surface area (Å²) >= 11 is 0. The van der Waals surface area contributed by atoms with E-state index in [-0.39, 0.29) is 0 Å². The largest absolute Gasteiger partial charge is 0.349 e. The summed E-state index contributed by atoms with van der Waals surface area (Å²) in [6.45, 7) is 2.07. The number of carbonyl (C=O) groups is 1. The summed E-state index contributed by atoms with van der Waals surface area (Å²) in [5.41, 5.74) is 0. The smallest absolute Gasteiger partial charge is 0.251 e. The quantitative estimate of drug-likeness (QED) is 0.534. The van der Waals surface area contributed by atoms with E-state index in [0.717, 1.165) is 0 Å². The molecule has 0 bridgehead atoms. The standard InChI is InChI=1S/C4H7FNO/c1-2-6-4(7)3-5/h2H,3H2,1H3,(H,6,7). The van der Waals surface area contributed by atoms with Crippen molar-refractivity contribution in [2.24, 2.45) is 0 Å². The lowest BCUT2D eigenvalue weighted by Gasteiger charge is -1.91. The van der Waals surface area contributed by atoms with Crippen molar-refractivity contribution in [3.05, 3.63) is 6.54 Å². The van der Waals surface area contributed by atoms with Crippen LogP contribution in [0.4, 0.5) is 4.39 Å². The fourth-order valence-corrected chi connectivity index (χ4v) is 0.200. The minimum absolute atomic E-state index is 0.595. The third-order valence-corrected chi connectivity index (χ3v) is 0.427. The van der Waals surface area contributed by atoms with Gasteiger partial charge in [-0.05, 0) is 6.92 Å². The van der Waals surface area contributed by atoms with E-state index >= 15 is 0 Å². The Morgan fingerprint density at radius 3 is 2.71 bits per heavy atom. The number of halogens is 1. The minimum Gasteiger partial charge on any atom is -0.349 e. The van der Waals surface area contributed by atoms with Gasteiger partial charge in [0.15, 0.2) is 6.67 Å². The molecule has 0 spiro atoms. The molecule has 7 heavy (non-hydrogen) atoms. The van der Waals surface area contributed by atoms with Crippen LogP contribution in [-0.4, -0.2) is 12.6 Å². The zero-order chi connectivity index (χ0) is 5.70. The molecule has 0 aliphatic rings. The average molecular weight is 104 g/mol. The Morgan fingerprint density at radius 2 is 2.57 bits per heavy atom. The van der Waals surface area contributed by atoms with Crippen LogP contribution < -0.4 is 5.32 Å². The molecular weight excluding hydrogens is 97.0 g/mol. The van der Waals surface area contributed by atoms with Gasteiger partial charge in [0.1, 0.15) is 0 Å². The van der Waals surface area contributed by atoms with Crippen molar-refractivity contribution in [2.45, 2.75) is 6.92 Å². The van der Waals surface area contributed by atoms with E-state index in [2.05, 4.69) is 5.32 Å². The summed E-state index contributed by atoms with van der Waals surface area (Å²) in [6, 6.07) is 0. The lowest BCUT2D eigenvalue weighted by molar-refractivity contribution is -0.121. The van der Waals surface area contributed by atoms with Gasteiger partial charge in [-0.25, -0.2) is 4.39 Å². The predicted molar refractivity (Wildman–Crippen MR) is 24.1 cm³/mol. The van der Waals surface area contributed by atoms with Gasteiger partial charge in [0.05, 0.1) is 0 Å². The van der Waals surface area contributed by atoms with Gasteiger partial charge in [0, 0.05) is 6.54 Å². The van der Waals surface area contributed by atoms with Crippen LogP contribution in [0.5, 0.6) is 0 Å². The zero-order valence-corrected chi connectivity index (χ0v) is 4.07. The molecule has 1 radical (unpaired) electrons. The van der Waals surface area contributed by atoms with Gasteiger partial charge in [-0.15, -0.1) is 0 Å². The Bertz CT molecular complexity index is 64.7. The van der Waals surface area contributed by atoms with Crippen molar-refractivity contribution in [1.29, 1.82) is 0 Å². The molecule has 0 saturated carbocycles. The number of rotatable bonds is 2. The maximum atomic E-state index is 11.1. The minimum atomic E-state index is -0.940. The number of alkyl halides is 1. The number of amides is 1. The van der Waals surface area contributed by atoms with E-state index in [1.165, 1.54) is 6.54 Å². The summed E-state index contributed by atoms with van der Waals surface area (Å²) in [5, 5.41) is 2.16. The Balaban J connectivity index is 3.00. The monoisotopic (exact) mass is 104 g/mol. The fourth-order valence-electron chi connectivity index (χ4n) is 0.200. The number of hydrogen-bond acceptors (Lipinski definition) is 1. The van der Waals surface area contributed by atoms with E-state index < -0.39 is 12.6 Å². The van der Waals surface area contributed by atoms with Crippen LogP contribution in [-0.2, 0) is 4.79 Å². The normalized spacial score (nSPS) is 8.29. The molecule has 3 heteroatoms. The maximum Gasteiger partial charge on any atom is 0.251 e. The Morgan fingerprint density at radius 1 is 2.00 bits per heavy atom. The molecule has 0 aliphatic carbocycles. The molecule has 0 atom stereocenters. The van der Waals surface area contributed by atoms with Crippen molar-refractivity contribution in [3.63, 3.8) is 0 Å². The molecule has 0 aromatic rings. The second-order valence-corrected chi connectivity index (χ2v) is 0.990. The third kappa shape index (κ3) is 3.22. The zero-order valence-electron chi connectivity index (χ0n) is 4.07. The molecule has 0 unspecified atom stereocenters. The van der Waals surface area contributed by atoms with Gasteiger partial charge in [-0.3, -0.25) is 4.79 Å². The van der Waals surface area contributed by atoms with E-state index in [0.29, 0.717) is 0 Å². The van der Waals surface area contributed by atoms with E-state index in [4.69, 9.17) is 0 Å². The van der Waals surface area contributed by atoms with E-state index in [1.54, 1.807) is 6.92 Å². The van der Waals surface area contributed by atoms with Crippen LogP contribution in [0, 0.1) is 6.54 Å². The number of carbonyl (C=O) groups excluding carboxylic acids is 1. The molecule has 0 aromatic heterocycles. The van der Waals surface area contributed by atoms with Gasteiger partial charge in [-0.2, -0.15) is 0 Å². The first kappa shape index (κ1) is 6.40. The summed E-state index contributed by atoms with van der Waals surface area (Å²) < 4.78 is 11.1. The van der Waals surface area contributed by atoms with E-state index in [1.807, 2.05) is 0 Å². The highest BCUT2D eigenvalue weighted by Gasteiger charge is 1.92. The number of hydrogen-bond donors (Lipinski definition) is 1. The van der Waals surface area contributed by atoms with Gasteiger partial charge < -0.3 is 5.32 Å². The molecule has 2 nitrogen and oxygen atoms in total. The highest BCUT2D eigenvalue weighted by molar-refractivity contribution is 5.77. The van der Waals surface area contributed by atoms with Crippen LogP contribution in [0.1, 0.15) is 6.92 Å². The third-order valence-electron chi connectivity index (χ3n) is 0.427. The fraction of sp³-hybridized carbons (Fsp3) is 0.500. The summed E-state index contributed by atoms with van der Waals surface area (Å²) in [7, 11) is 0. The molecular formula is C4H7FNO. The lowest BCUT2D eigenvalue weighted by Crippen LogP contribution is -2.20. The summed E-state index contributed by atoms with van der Waals surface area (Å²) in [6.07, 6.45) is 0. The second kappa shape index (κ2) is 3.59. The summed E-state index contributed by atoms with van der Waals surface area (Å²) in [4.78, 5) is 9.89. The van der Waals surface area contributed by atoms with E-state index in [9.17, 15) is 9.18 Å². The molecule has 0 rings (SSSR count). The van der Waals surface area contributed by atoms with Gasteiger partial charge in [0.2, 0.25) is 0 Å². The second-order valence-electron chi connectivity index (χ2n) is 0.990. The average Bonchev–Trinajstić information content (AvgIpc) is 1.68. The van der Waals surface area contributed by atoms with Crippen LogP contribution in [0.25, 0.3) is 0 Å². The lowest BCUT2D eigenvalue weighted by atomic mass is 10.6. The topological polar surface area (TPSA) is 29.1 Å². The molecule has 1 N–H and O–H groups in total. The van der Waals surface area contributed by atoms with Crippen molar-refractivity contribution < 1.29 is 9.18 Å².